The van der Waals surface area contributed by atoms with Crippen LogP contribution >= 0.6 is 0 Å². The van der Waals surface area contributed by atoms with Crippen molar-refractivity contribution < 1.29 is 19.4 Å². The number of aromatic nitrogens is 2. The summed E-state index contributed by atoms with van der Waals surface area (Å²) in [5.41, 5.74) is -0.183. The molecule has 1 aromatic heterocycles. The summed E-state index contributed by atoms with van der Waals surface area (Å²) in [6.45, 7) is 2.46. The Balaban J connectivity index is 2.56. The summed E-state index contributed by atoms with van der Waals surface area (Å²) in [5.74, 6) is -1.18. The Labute approximate surface area is 110 Å². The van der Waals surface area contributed by atoms with Crippen LogP contribution in [0.15, 0.2) is 12.4 Å². The number of methoxy groups -OCH3 is 1. The van der Waals surface area contributed by atoms with E-state index >= 15 is 0 Å². The van der Waals surface area contributed by atoms with Gasteiger partial charge in [-0.2, -0.15) is 0 Å². The van der Waals surface area contributed by atoms with Gasteiger partial charge in [-0.15, -0.1) is 0 Å². The van der Waals surface area contributed by atoms with Gasteiger partial charge in [0.1, 0.15) is 11.9 Å². The maximum atomic E-state index is 11.6. The Bertz CT molecular complexity index is 452. The average molecular weight is 268 g/mol. The SMILES string of the molecule is COCCNC(=O)C(C)Nc1cncc(C(=O)O)n1. The van der Waals surface area contributed by atoms with Gasteiger partial charge < -0.3 is 20.5 Å². The number of nitrogens with one attached hydrogen (secondary N) is 2. The maximum absolute atomic E-state index is 11.6. The third kappa shape index (κ3) is 4.88. The summed E-state index contributed by atoms with van der Waals surface area (Å²) in [6, 6.07) is -0.560. The van der Waals surface area contributed by atoms with E-state index < -0.39 is 12.0 Å². The number of aromatic carboxylic acids is 1. The fourth-order valence-electron chi connectivity index (χ4n) is 1.26. The van der Waals surface area contributed by atoms with Gasteiger partial charge in [0.2, 0.25) is 5.91 Å². The van der Waals surface area contributed by atoms with Crippen molar-refractivity contribution in [3.05, 3.63) is 18.1 Å². The van der Waals surface area contributed by atoms with Gasteiger partial charge in [-0.1, -0.05) is 0 Å². The summed E-state index contributed by atoms with van der Waals surface area (Å²) in [7, 11) is 1.54. The number of hydrogen-bond donors (Lipinski definition) is 3. The van der Waals surface area contributed by atoms with E-state index in [-0.39, 0.29) is 17.4 Å². The normalized spacial score (nSPS) is 11.7. The number of carboxylic acid groups (broad SMARTS) is 1. The fraction of sp³-hybridized carbons (Fsp3) is 0.455. The zero-order valence-corrected chi connectivity index (χ0v) is 10.7. The molecular weight excluding hydrogens is 252 g/mol. The number of rotatable bonds is 7. The standard InChI is InChI=1S/C11H16N4O4/c1-7(10(16)13-3-4-19-2)14-9-6-12-5-8(15-9)11(17)18/h5-7H,3-4H2,1-2H3,(H,13,16)(H,14,15)(H,17,18). The van der Waals surface area contributed by atoms with Crippen molar-refractivity contribution in [1.29, 1.82) is 0 Å². The number of carbonyl (C=O) groups excluding carboxylic acids is 1. The number of anilines is 1. The molecule has 3 N–H and O–H groups in total. The first-order valence-corrected chi connectivity index (χ1v) is 5.63. The van der Waals surface area contributed by atoms with Gasteiger partial charge in [-0.25, -0.2) is 9.78 Å². The first-order valence-electron chi connectivity index (χ1n) is 5.63. The minimum absolute atomic E-state index is 0.183. The average Bonchev–Trinajstić information content (AvgIpc) is 2.39. The molecule has 8 heteroatoms. The molecule has 0 bridgehead atoms. The first-order chi connectivity index (χ1) is 9.04. The maximum Gasteiger partial charge on any atom is 0.356 e. The van der Waals surface area contributed by atoms with Crippen LogP contribution in [0.2, 0.25) is 0 Å². The van der Waals surface area contributed by atoms with Crippen LogP contribution in [0.5, 0.6) is 0 Å². The Morgan fingerprint density at radius 2 is 2.21 bits per heavy atom. The molecule has 8 nitrogen and oxygen atoms in total. The van der Waals surface area contributed by atoms with E-state index in [2.05, 4.69) is 20.6 Å². The van der Waals surface area contributed by atoms with Crippen LogP contribution in [0.3, 0.4) is 0 Å². The Hall–Kier alpha value is -2.22. The second-order valence-electron chi connectivity index (χ2n) is 3.74. The van der Waals surface area contributed by atoms with Gasteiger partial charge >= 0.3 is 5.97 Å². The van der Waals surface area contributed by atoms with Crippen LogP contribution in [0.4, 0.5) is 5.82 Å². The third-order valence-corrected chi connectivity index (χ3v) is 2.22. The molecule has 0 aliphatic heterocycles. The predicted molar refractivity (Wildman–Crippen MR) is 67.0 cm³/mol. The number of carbonyl (C=O) groups is 2. The fourth-order valence-corrected chi connectivity index (χ4v) is 1.26. The molecule has 0 aliphatic carbocycles. The zero-order chi connectivity index (χ0) is 14.3. The van der Waals surface area contributed by atoms with E-state index in [1.165, 1.54) is 6.20 Å². The molecule has 1 rings (SSSR count). The van der Waals surface area contributed by atoms with E-state index in [0.717, 1.165) is 6.20 Å². The molecular formula is C11H16N4O4. The summed E-state index contributed by atoms with van der Waals surface area (Å²) in [5, 5.41) is 14.2. The van der Waals surface area contributed by atoms with Crippen LogP contribution in [0, 0.1) is 0 Å². The molecule has 0 saturated heterocycles. The van der Waals surface area contributed by atoms with E-state index in [1.807, 2.05) is 0 Å². The van der Waals surface area contributed by atoms with Crippen molar-refractivity contribution in [3.63, 3.8) is 0 Å². The molecule has 104 valence electrons. The van der Waals surface area contributed by atoms with E-state index in [9.17, 15) is 9.59 Å². The molecule has 1 amide bonds. The number of amides is 1. The molecule has 0 aromatic carbocycles. The summed E-state index contributed by atoms with van der Waals surface area (Å²) in [6.07, 6.45) is 2.49. The van der Waals surface area contributed by atoms with E-state index in [1.54, 1.807) is 14.0 Å². The first kappa shape index (κ1) is 14.8. The van der Waals surface area contributed by atoms with Gasteiger partial charge in [0.15, 0.2) is 5.69 Å². The Kier molecular flexibility index (Phi) is 5.68. The van der Waals surface area contributed by atoms with Gasteiger partial charge in [-0.05, 0) is 6.92 Å². The second-order valence-corrected chi connectivity index (χ2v) is 3.74. The lowest BCUT2D eigenvalue weighted by atomic mass is 10.3. The molecule has 1 heterocycles. The van der Waals surface area contributed by atoms with Crippen molar-refractivity contribution in [2.24, 2.45) is 0 Å². The number of ether oxygens (including phenoxy) is 1. The van der Waals surface area contributed by atoms with Crippen LogP contribution in [0.1, 0.15) is 17.4 Å². The highest BCUT2D eigenvalue weighted by Gasteiger charge is 2.13. The zero-order valence-electron chi connectivity index (χ0n) is 10.7. The quantitative estimate of drug-likeness (QED) is 0.584. The highest BCUT2D eigenvalue weighted by Crippen LogP contribution is 2.04. The predicted octanol–water partition coefficient (Wildman–Crippen LogP) is -0.262. The van der Waals surface area contributed by atoms with Crippen molar-refractivity contribution in [1.82, 2.24) is 15.3 Å². The molecule has 1 atom stereocenters. The van der Waals surface area contributed by atoms with Gasteiger partial charge in [0.25, 0.3) is 0 Å². The van der Waals surface area contributed by atoms with Crippen molar-refractivity contribution in [3.8, 4) is 0 Å². The number of hydrogen-bond acceptors (Lipinski definition) is 6. The lowest BCUT2D eigenvalue weighted by Crippen LogP contribution is -2.39. The highest BCUT2D eigenvalue weighted by molar-refractivity contribution is 5.86. The number of carboxylic acids is 1. The molecule has 1 aromatic rings. The molecule has 19 heavy (non-hydrogen) atoms. The van der Waals surface area contributed by atoms with Crippen LogP contribution in [-0.2, 0) is 9.53 Å². The number of nitrogens with zero attached hydrogens (tertiary/aromatic N) is 2. The molecule has 0 saturated carbocycles. The second kappa shape index (κ2) is 7.27. The minimum atomic E-state index is -1.17. The highest BCUT2D eigenvalue weighted by atomic mass is 16.5. The van der Waals surface area contributed by atoms with Crippen molar-refractivity contribution >= 4 is 17.7 Å². The van der Waals surface area contributed by atoms with Crippen molar-refractivity contribution in [2.45, 2.75) is 13.0 Å². The topological polar surface area (TPSA) is 113 Å². The van der Waals surface area contributed by atoms with Gasteiger partial charge in [0.05, 0.1) is 19.0 Å². The molecule has 0 fully saturated rings. The molecule has 0 spiro atoms. The van der Waals surface area contributed by atoms with Gasteiger partial charge in [-0.3, -0.25) is 9.78 Å². The minimum Gasteiger partial charge on any atom is -0.476 e. The van der Waals surface area contributed by atoms with Crippen LogP contribution < -0.4 is 10.6 Å². The van der Waals surface area contributed by atoms with E-state index in [0.29, 0.717) is 13.2 Å². The van der Waals surface area contributed by atoms with Crippen LogP contribution in [-0.4, -0.2) is 53.3 Å². The molecule has 0 aliphatic rings. The summed E-state index contributed by atoms with van der Waals surface area (Å²) >= 11 is 0. The summed E-state index contributed by atoms with van der Waals surface area (Å²) in [4.78, 5) is 29.9. The largest absolute Gasteiger partial charge is 0.476 e. The van der Waals surface area contributed by atoms with Crippen molar-refractivity contribution in [2.75, 3.05) is 25.6 Å². The summed E-state index contributed by atoms with van der Waals surface area (Å²) < 4.78 is 4.81. The lowest BCUT2D eigenvalue weighted by molar-refractivity contribution is -0.121. The Morgan fingerprint density at radius 3 is 2.84 bits per heavy atom. The Morgan fingerprint density at radius 1 is 1.47 bits per heavy atom. The van der Waals surface area contributed by atoms with Gasteiger partial charge in [0, 0.05) is 13.7 Å². The van der Waals surface area contributed by atoms with Crippen LogP contribution in [0.25, 0.3) is 0 Å². The third-order valence-electron chi connectivity index (χ3n) is 2.22. The smallest absolute Gasteiger partial charge is 0.356 e. The molecule has 1 unspecified atom stereocenters. The lowest BCUT2D eigenvalue weighted by Gasteiger charge is -2.14. The molecule has 0 radical (unpaired) electrons. The monoisotopic (exact) mass is 268 g/mol. The van der Waals surface area contributed by atoms with E-state index in [4.69, 9.17) is 9.84 Å².